The number of aromatic nitrogens is 2. The number of ether oxygens (including phenoxy) is 2. The molecule has 0 spiro atoms. The molecule has 0 saturated carbocycles. The van der Waals surface area contributed by atoms with Gasteiger partial charge in [0.15, 0.2) is 11.6 Å². The Morgan fingerprint density at radius 2 is 2.10 bits per heavy atom. The molecule has 0 aliphatic rings. The summed E-state index contributed by atoms with van der Waals surface area (Å²) in [6, 6.07) is 3.93. The Bertz CT molecular complexity index is 1150. The molecule has 1 aromatic carbocycles. The lowest BCUT2D eigenvalue weighted by Gasteiger charge is -2.10. The molecule has 0 amide bonds. The number of carbonyl (C=O) groups excluding carboxylic acids is 1. The van der Waals surface area contributed by atoms with E-state index in [0.717, 1.165) is 23.3 Å². The summed E-state index contributed by atoms with van der Waals surface area (Å²) in [6.45, 7) is 2.20. The number of nitrogens with one attached hydrogen (secondary N) is 2. The normalized spacial score (nSPS) is 12.0. The van der Waals surface area contributed by atoms with Gasteiger partial charge in [0.05, 0.1) is 12.2 Å². The van der Waals surface area contributed by atoms with Gasteiger partial charge in [0.25, 0.3) is 0 Å². The van der Waals surface area contributed by atoms with Gasteiger partial charge in [0, 0.05) is 37.5 Å². The molecular formula is C23H23F2N3O3. The lowest BCUT2D eigenvalue weighted by molar-refractivity contribution is 0.103. The van der Waals surface area contributed by atoms with Crippen LogP contribution < -0.4 is 10.1 Å². The van der Waals surface area contributed by atoms with Gasteiger partial charge in [-0.1, -0.05) is 6.08 Å². The Morgan fingerprint density at radius 3 is 2.84 bits per heavy atom. The first kappa shape index (κ1) is 22.2. The van der Waals surface area contributed by atoms with Gasteiger partial charge >= 0.3 is 0 Å². The third kappa shape index (κ3) is 4.80. The van der Waals surface area contributed by atoms with Gasteiger partial charge in [-0.3, -0.25) is 4.79 Å². The van der Waals surface area contributed by atoms with E-state index in [-0.39, 0.29) is 24.5 Å². The topological polar surface area (TPSA) is 76.2 Å². The first-order chi connectivity index (χ1) is 15.0. The van der Waals surface area contributed by atoms with E-state index in [4.69, 9.17) is 9.47 Å². The molecule has 2 N–H and O–H groups in total. The predicted octanol–water partition coefficient (Wildman–Crippen LogP) is 4.23. The minimum atomic E-state index is -1.05. The Hall–Kier alpha value is -3.52. The van der Waals surface area contributed by atoms with Gasteiger partial charge < -0.3 is 19.8 Å². The van der Waals surface area contributed by atoms with Crippen LogP contribution in [0.5, 0.6) is 5.75 Å². The quantitative estimate of drug-likeness (QED) is 0.304. The van der Waals surface area contributed by atoms with Crippen molar-refractivity contribution in [2.45, 2.75) is 6.92 Å². The SMILES string of the molecule is CN/C=C\C=C(/C)c1cnc2[nH]cc(C(=O)c3c(F)ccc(OCCOC)c3F)c2c1. The first-order valence-electron chi connectivity index (χ1n) is 9.60. The van der Waals surface area contributed by atoms with Gasteiger partial charge in [-0.25, -0.2) is 13.8 Å². The molecule has 6 nitrogen and oxygen atoms in total. The number of hydrogen-bond donors (Lipinski definition) is 2. The molecule has 8 heteroatoms. The lowest BCUT2D eigenvalue weighted by Crippen LogP contribution is -2.11. The fourth-order valence-corrected chi connectivity index (χ4v) is 3.01. The number of pyridine rings is 1. The number of nitrogens with zero attached hydrogens (tertiary/aromatic N) is 1. The van der Waals surface area contributed by atoms with Gasteiger partial charge in [0.1, 0.15) is 18.1 Å². The summed E-state index contributed by atoms with van der Waals surface area (Å²) in [6.07, 6.45) is 8.56. The van der Waals surface area contributed by atoms with Crippen molar-refractivity contribution in [2.24, 2.45) is 0 Å². The van der Waals surface area contributed by atoms with Crippen LogP contribution in [0, 0.1) is 11.6 Å². The summed E-state index contributed by atoms with van der Waals surface area (Å²) >= 11 is 0. The van der Waals surface area contributed by atoms with Crippen LogP contribution >= 0.6 is 0 Å². The zero-order valence-corrected chi connectivity index (χ0v) is 17.5. The van der Waals surface area contributed by atoms with E-state index >= 15 is 0 Å². The Labute approximate surface area is 178 Å². The van der Waals surface area contributed by atoms with Crippen LogP contribution in [0.2, 0.25) is 0 Å². The molecule has 2 aromatic heterocycles. The number of hydrogen-bond acceptors (Lipinski definition) is 5. The minimum Gasteiger partial charge on any atom is -0.488 e. The zero-order valence-electron chi connectivity index (χ0n) is 17.5. The number of benzene rings is 1. The Kier molecular flexibility index (Phi) is 7.15. The van der Waals surface area contributed by atoms with E-state index in [0.29, 0.717) is 11.0 Å². The van der Waals surface area contributed by atoms with Crippen molar-refractivity contribution in [3.63, 3.8) is 0 Å². The van der Waals surface area contributed by atoms with E-state index in [1.54, 1.807) is 25.5 Å². The molecule has 3 aromatic rings. The predicted molar refractivity (Wildman–Crippen MR) is 115 cm³/mol. The monoisotopic (exact) mass is 427 g/mol. The van der Waals surface area contributed by atoms with Crippen molar-refractivity contribution < 1.29 is 23.0 Å². The average Bonchev–Trinajstić information content (AvgIpc) is 3.19. The number of allylic oxidation sites excluding steroid dienone is 3. The highest BCUT2D eigenvalue weighted by Crippen LogP contribution is 2.29. The maximum absolute atomic E-state index is 14.9. The fraction of sp³-hybridized carbons (Fsp3) is 0.217. The number of carbonyl (C=O) groups is 1. The Balaban J connectivity index is 2.01. The molecule has 0 radical (unpaired) electrons. The van der Waals surface area contributed by atoms with Crippen molar-refractivity contribution >= 4 is 22.4 Å². The van der Waals surface area contributed by atoms with Gasteiger partial charge in [-0.15, -0.1) is 0 Å². The summed E-state index contributed by atoms with van der Waals surface area (Å²) in [5.74, 6) is -3.02. The third-order valence-electron chi connectivity index (χ3n) is 4.67. The van der Waals surface area contributed by atoms with E-state index in [2.05, 4.69) is 15.3 Å². The highest BCUT2D eigenvalue weighted by molar-refractivity contribution is 6.16. The number of halogens is 2. The number of fused-ring (bicyclic) bond motifs is 1. The molecular weight excluding hydrogens is 404 g/mol. The largest absolute Gasteiger partial charge is 0.488 e. The standard InChI is InChI=1S/C23H23F2N3O3/c1-14(5-4-8-26-2)15-11-16-17(13-28-23(16)27-12-15)22(29)20-18(24)6-7-19(21(20)25)31-10-9-30-3/h4-8,11-13,26H,9-10H2,1-3H3,(H,27,28)/b8-4-,14-5+. The number of ketones is 1. The van der Waals surface area contributed by atoms with Crippen LogP contribution in [-0.2, 0) is 4.74 Å². The second-order valence-electron chi connectivity index (χ2n) is 6.72. The number of rotatable bonds is 9. The second kappa shape index (κ2) is 9.99. The molecule has 31 heavy (non-hydrogen) atoms. The van der Waals surface area contributed by atoms with Crippen LogP contribution in [0.3, 0.4) is 0 Å². The second-order valence-corrected chi connectivity index (χ2v) is 6.72. The summed E-state index contributed by atoms with van der Waals surface area (Å²) in [5.41, 5.74) is 1.57. The number of methoxy groups -OCH3 is 1. The molecule has 0 bridgehead atoms. The molecule has 0 atom stereocenters. The van der Waals surface area contributed by atoms with Crippen LogP contribution in [-0.4, -0.2) is 43.1 Å². The highest BCUT2D eigenvalue weighted by Gasteiger charge is 2.25. The summed E-state index contributed by atoms with van der Waals surface area (Å²) in [5, 5.41) is 3.36. The van der Waals surface area contributed by atoms with Crippen LogP contribution in [0.1, 0.15) is 28.4 Å². The van der Waals surface area contributed by atoms with Crippen LogP contribution in [0.15, 0.2) is 48.9 Å². The molecule has 0 aliphatic heterocycles. The molecule has 162 valence electrons. The van der Waals surface area contributed by atoms with Crippen molar-refractivity contribution in [3.8, 4) is 5.75 Å². The lowest BCUT2D eigenvalue weighted by atomic mass is 10.00. The zero-order chi connectivity index (χ0) is 22.4. The van der Waals surface area contributed by atoms with Gasteiger partial charge in [-0.05, 0) is 48.5 Å². The van der Waals surface area contributed by atoms with Crippen LogP contribution in [0.25, 0.3) is 16.6 Å². The smallest absolute Gasteiger partial charge is 0.201 e. The average molecular weight is 427 g/mol. The maximum atomic E-state index is 14.9. The van der Waals surface area contributed by atoms with Gasteiger partial charge in [-0.2, -0.15) is 0 Å². The summed E-state index contributed by atoms with van der Waals surface area (Å²) in [4.78, 5) is 20.3. The van der Waals surface area contributed by atoms with Crippen molar-refractivity contribution in [1.29, 1.82) is 0 Å². The summed E-state index contributed by atoms with van der Waals surface area (Å²) < 4.78 is 39.5. The fourth-order valence-electron chi connectivity index (χ4n) is 3.01. The Morgan fingerprint density at radius 1 is 1.29 bits per heavy atom. The first-order valence-corrected chi connectivity index (χ1v) is 9.60. The third-order valence-corrected chi connectivity index (χ3v) is 4.67. The van der Waals surface area contributed by atoms with Crippen molar-refractivity contribution in [1.82, 2.24) is 15.3 Å². The van der Waals surface area contributed by atoms with Crippen molar-refractivity contribution in [2.75, 3.05) is 27.4 Å². The van der Waals surface area contributed by atoms with E-state index in [1.165, 1.54) is 13.3 Å². The van der Waals surface area contributed by atoms with E-state index in [1.807, 2.05) is 19.1 Å². The molecule has 0 fully saturated rings. The summed E-state index contributed by atoms with van der Waals surface area (Å²) in [7, 11) is 3.27. The van der Waals surface area contributed by atoms with Crippen molar-refractivity contribution in [3.05, 3.63) is 77.3 Å². The number of aromatic amines is 1. The van der Waals surface area contributed by atoms with Gasteiger partial charge in [0.2, 0.25) is 5.78 Å². The van der Waals surface area contributed by atoms with E-state index in [9.17, 15) is 13.6 Å². The van der Waals surface area contributed by atoms with Crippen LogP contribution in [0.4, 0.5) is 8.78 Å². The molecule has 0 unspecified atom stereocenters. The van der Waals surface area contributed by atoms with E-state index < -0.39 is 23.0 Å². The molecule has 0 saturated heterocycles. The molecule has 3 rings (SSSR count). The number of H-pyrrole nitrogens is 1. The molecule has 2 heterocycles. The molecule has 0 aliphatic carbocycles. The highest BCUT2D eigenvalue weighted by atomic mass is 19.1. The maximum Gasteiger partial charge on any atom is 0.201 e. The minimum absolute atomic E-state index is 0.0701.